The average molecular weight is 385 g/mol. The van der Waals surface area contributed by atoms with Gasteiger partial charge in [0.05, 0.1) is 9.85 Å². The van der Waals surface area contributed by atoms with Crippen molar-refractivity contribution in [3.8, 4) is 0 Å². The van der Waals surface area contributed by atoms with E-state index in [1.165, 1.54) is 36.4 Å². The smallest absolute Gasteiger partial charge is 0.331 e. The maximum Gasteiger partial charge on any atom is 0.331 e. The molecule has 0 heterocycles. The first kappa shape index (κ1) is 20.2. The molecule has 2 aromatic carbocycles. The largest absolute Gasteiger partial charge is 0.452 e. The van der Waals surface area contributed by atoms with E-state index < -0.39 is 28.3 Å². The fraction of sp³-hybridized carbons (Fsp3) is 0.111. The van der Waals surface area contributed by atoms with Crippen LogP contribution in [0.1, 0.15) is 11.1 Å². The van der Waals surface area contributed by atoms with Crippen molar-refractivity contribution in [2.24, 2.45) is 0 Å². The number of rotatable bonds is 7. The number of nitrogens with zero attached hydrogens (tertiary/aromatic N) is 2. The first-order valence-corrected chi connectivity index (χ1v) is 7.91. The van der Waals surface area contributed by atoms with Gasteiger partial charge in [0.1, 0.15) is 5.69 Å². The second kappa shape index (κ2) is 9.03. The van der Waals surface area contributed by atoms with Gasteiger partial charge in [0.25, 0.3) is 17.3 Å². The molecule has 0 saturated carbocycles. The lowest BCUT2D eigenvalue weighted by Gasteiger charge is -2.08. The van der Waals surface area contributed by atoms with Crippen molar-refractivity contribution in [1.29, 1.82) is 0 Å². The van der Waals surface area contributed by atoms with Crippen LogP contribution >= 0.6 is 0 Å². The van der Waals surface area contributed by atoms with Crippen molar-refractivity contribution in [1.82, 2.24) is 0 Å². The van der Waals surface area contributed by atoms with E-state index in [9.17, 15) is 29.8 Å². The van der Waals surface area contributed by atoms with Crippen LogP contribution in [-0.4, -0.2) is 28.3 Å². The Kier molecular flexibility index (Phi) is 6.53. The Bertz CT molecular complexity index is 969. The number of benzene rings is 2. The number of anilines is 1. The monoisotopic (exact) mass is 385 g/mol. The van der Waals surface area contributed by atoms with Gasteiger partial charge < -0.3 is 10.1 Å². The topological polar surface area (TPSA) is 142 Å². The summed E-state index contributed by atoms with van der Waals surface area (Å²) in [6, 6.07) is 9.93. The third-order valence-electron chi connectivity index (χ3n) is 3.55. The van der Waals surface area contributed by atoms with Crippen molar-refractivity contribution < 1.29 is 24.2 Å². The van der Waals surface area contributed by atoms with Gasteiger partial charge >= 0.3 is 5.97 Å². The van der Waals surface area contributed by atoms with E-state index in [1.807, 2.05) is 0 Å². The van der Waals surface area contributed by atoms with Crippen LogP contribution < -0.4 is 5.32 Å². The molecule has 0 radical (unpaired) electrons. The zero-order valence-electron chi connectivity index (χ0n) is 14.7. The minimum Gasteiger partial charge on any atom is -0.452 e. The third-order valence-corrected chi connectivity index (χ3v) is 3.55. The Morgan fingerprint density at radius 3 is 2.50 bits per heavy atom. The van der Waals surface area contributed by atoms with E-state index in [0.29, 0.717) is 11.1 Å². The van der Waals surface area contributed by atoms with Gasteiger partial charge in [0, 0.05) is 24.3 Å². The van der Waals surface area contributed by atoms with Crippen LogP contribution in [0.15, 0.2) is 48.5 Å². The zero-order chi connectivity index (χ0) is 20.7. The number of non-ortho nitro benzene ring substituents is 1. The molecule has 0 spiro atoms. The Labute approximate surface area is 158 Å². The second-order valence-corrected chi connectivity index (χ2v) is 5.57. The van der Waals surface area contributed by atoms with Crippen LogP contribution in [0.25, 0.3) is 6.08 Å². The van der Waals surface area contributed by atoms with Crippen LogP contribution in [0.3, 0.4) is 0 Å². The van der Waals surface area contributed by atoms with Crippen molar-refractivity contribution >= 4 is 35.0 Å². The molecule has 10 heteroatoms. The van der Waals surface area contributed by atoms with E-state index in [4.69, 9.17) is 4.74 Å². The molecule has 28 heavy (non-hydrogen) atoms. The van der Waals surface area contributed by atoms with Gasteiger partial charge in [-0.1, -0.05) is 24.3 Å². The van der Waals surface area contributed by atoms with Crippen LogP contribution in [0.2, 0.25) is 0 Å². The van der Waals surface area contributed by atoms with Gasteiger partial charge in [-0.2, -0.15) is 0 Å². The number of hydrogen-bond acceptors (Lipinski definition) is 7. The third kappa shape index (κ3) is 5.46. The highest BCUT2D eigenvalue weighted by atomic mass is 16.6. The quantitative estimate of drug-likeness (QED) is 0.334. The summed E-state index contributed by atoms with van der Waals surface area (Å²) in [5.74, 6) is -1.59. The predicted octanol–water partition coefficient (Wildman–Crippen LogP) is 3.01. The molecule has 2 aromatic rings. The molecule has 1 amide bonds. The first-order valence-electron chi connectivity index (χ1n) is 7.91. The molecule has 0 bridgehead atoms. The Balaban J connectivity index is 1.95. The fourth-order valence-electron chi connectivity index (χ4n) is 2.23. The number of amides is 1. The Hall–Kier alpha value is -4.08. The molecular weight excluding hydrogens is 370 g/mol. The molecule has 0 unspecified atom stereocenters. The van der Waals surface area contributed by atoms with E-state index in [1.54, 1.807) is 19.1 Å². The summed E-state index contributed by atoms with van der Waals surface area (Å²) in [7, 11) is 0. The highest BCUT2D eigenvalue weighted by molar-refractivity contribution is 5.96. The molecule has 0 atom stereocenters. The normalized spacial score (nSPS) is 10.5. The van der Waals surface area contributed by atoms with Gasteiger partial charge in [-0.15, -0.1) is 0 Å². The van der Waals surface area contributed by atoms with Gasteiger partial charge in [0.2, 0.25) is 0 Å². The molecule has 0 aromatic heterocycles. The summed E-state index contributed by atoms with van der Waals surface area (Å²) < 4.78 is 4.77. The number of esters is 1. The van der Waals surface area contributed by atoms with E-state index >= 15 is 0 Å². The number of nitrogens with one attached hydrogen (secondary N) is 1. The van der Waals surface area contributed by atoms with E-state index in [2.05, 4.69) is 5.32 Å². The predicted molar refractivity (Wildman–Crippen MR) is 99.6 cm³/mol. The number of ether oxygens (including phenoxy) is 1. The number of carbonyl (C=O) groups is 2. The van der Waals surface area contributed by atoms with Gasteiger partial charge in [-0.25, -0.2) is 4.79 Å². The molecule has 0 saturated heterocycles. The molecule has 0 aliphatic heterocycles. The number of para-hydroxylation sites is 1. The summed E-state index contributed by atoms with van der Waals surface area (Å²) in [4.78, 5) is 44.2. The Morgan fingerprint density at radius 2 is 1.82 bits per heavy atom. The summed E-state index contributed by atoms with van der Waals surface area (Å²) in [5, 5.41) is 24.1. The lowest BCUT2D eigenvalue weighted by Crippen LogP contribution is -2.21. The van der Waals surface area contributed by atoms with E-state index in [0.717, 1.165) is 6.08 Å². The highest BCUT2D eigenvalue weighted by Gasteiger charge is 2.18. The molecule has 144 valence electrons. The minimum absolute atomic E-state index is 0.0284. The van der Waals surface area contributed by atoms with Gasteiger partial charge in [-0.3, -0.25) is 25.0 Å². The summed E-state index contributed by atoms with van der Waals surface area (Å²) in [6.07, 6.45) is 2.32. The van der Waals surface area contributed by atoms with Crippen molar-refractivity contribution in [3.05, 3.63) is 79.9 Å². The number of nitro groups is 2. The highest BCUT2D eigenvalue weighted by Crippen LogP contribution is 2.27. The molecule has 10 nitrogen and oxygen atoms in total. The maximum absolute atomic E-state index is 11.9. The molecule has 2 rings (SSSR count). The van der Waals surface area contributed by atoms with E-state index in [-0.39, 0.29) is 17.1 Å². The van der Waals surface area contributed by atoms with Crippen molar-refractivity contribution in [2.45, 2.75) is 6.92 Å². The lowest BCUT2D eigenvalue weighted by atomic mass is 10.1. The number of aryl methyl sites for hydroxylation is 1. The fourth-order valence-corrected chi connectivity index (χ4v) is 2.23. The molecular formula is C18H15N3O7. The Morgan fingerprint density at radius 1 is 1.11 bits per heavy atom. The summed E-state index contributed by atoms with van der Waals surface area (Å²) >= 11 is 0. The standard InChI is InChI=1S/C18H15N3O7/c1-12-4-2-7-15(21(26)27)18(12)19-16(22)11-28-17(23)9-8-13-5-3-6-14(10-13)20(24)25/h2-10H,11H2,1H3,(H,19,22)/b9-8+. The number of nitro benzene ring substituents is 2. The molecule has 0 fully saturated rings. The SMILES string of the molecule is Cc1cccc([N+](=O)[O-])c1NC(=O)COC(=O)/C=C/c1cccc([N+](=O)[O-])c1. The molecule has 1 N–H and O–H groups in total. The minimum atomic E-state index is -0.846. The van der Waals surface area contributed by atoms with Gasteiger partial charge in [-0.05, 0) is 24.1 Å². The zero-order valence-corrected chi connectivity index (χ0v) is 14.7. The summed E-state index contributed by atoms with van der Waals surface area (Å²) in [6.45, 7) is 0.944. The van der Waals surface area contributed by atoms with Crippen LogP contribution in [-0.2, 0) is 14.3 Å². The first-order chi connectivity index (χ1) is 13.3. The number of hydrogen-bond donors (Lipinski definition) is 1. The average Bonchev–Trinajstić information content (AvgIpc) is 2.66. The lowest BCUT2D eigenvalue weighted by molar-refractivity contribution is -0.384. The van der Waals surface area contributed by atoms with Crippen LogP contribution in [0, 0.1) is 27.2 Å². The second-order valence-electron chi connectivity index (χ2n) is 5.57. The number of carbonyl (C=O) groups excluding carboxylic acids is 2. The van der Waals surface area contributed by atoms with Crippen molar-refractivity contribution in [2.75, 3.05) is 11.9 Å². The van der Waals surface area contributed by atoms with Crippen LogP contribution in [0.4, 0.5) is 17.1 Å². The summed E-state index contributed by atoms with van der Waals surface area (Å²) in [5.41, 5.74) is 0.520. The molecule has 0 aliphatic carbocycles. The van der Waals surface area contributed by atoms with Crippen molar-refractivity contribution in [3.63, 3.8) is 0 Å². The van der Waals surface area contributed by atoms with Gasteiger partial charge in [0.15, 0.2) is 6.61 Å². The molecule has 0 aliphatic rings. The van der Waals surface area contributed by atoms with Crippen LogP contribution in [0.5, 0.6) is 0 Å². The maximum atomic E-state index is 11.9.